The van der Waals surface area contributed by atoms with E-state index in [9.17, 15) is 9.59 Å². The van der Waals surface area contributed by atoms with Crippen LogP contribution in [0.1, 0.15) is 21.0 Å². The van der Waals surface area contributed by atoms with Gasteiger partial charge in [0, 0.05) is 18.5 Å². The number of carbonyl (C=O) groups is 2. The van der Waals surface area contributed by atoms with Crippen molar-refractivity contribution < 1.29 is 19.2 Å². The molecule has 2 aromatic rings. The van der Waals surface area contributed by atoms with Gasteiger partial charge in [-0.25, -0.2) is 14.8 Å². The summed E-state index contributed by atoms with van der Waals surface area (Å²) in [7, 11) is 0. The quantitative estimate of drug-likeness (QED) is 0.789. The van der Waals surface area contributed by atoms with Gasteiger partial charge in [0.1, 0.15) is 0 Å². The Bertz CT molecular complexity index is 551. The molecule has 2 rings (SSSR count). The number of anilines is 1. The molecule has 86 valence electrons. The van der Waals surface area contributed by atoms with E-state index in [-0.39, 0.29) is 11.6 Å². The van der Waals surface area contributed by atoms with Crippen LogP contribution in [0.25, 0.3) is 0 Å². The number of amides is 1. The summed E-state index contributed by atoms with van der Waals surface area (Å²) in [4.78, 5) is 29.6. The average molecular weight is 234 g/mol. The number of carboxylic acid groups (broad SMARTS) is 1. The molecule has 0 aliphatic carbocycles. The van der Waals surface area contributed by atoms with Crippen molar-refractivity contribution in [2.75, 3.05) is 5.32 Å². The number of carboxylic acids is 1. The molecule has 0 saturated carbocycles. The summed E-state index contributed by atoms with van der Waals surface area (Å²) in [6.45, 7) is 0. The predicted molar refractivity (Wildman–Crippen MR) is 53.4 cm³/mol. The molecule has 2 N–H and O–H groups in total. The molecule has 0 aliphatic rings. The molecule has 0 atom stereocenters. The molecule has 2 aromatic heterocycles. The van der Waals surface area contributed by atoms with Crippen molar-refractivity contribution in [3.05, 3.63) is 36.0 Å². The van der Waals surface area contributed by atoms with E-state index in [0.717, 1.165) is 6.07 Å². The maximum Gasteiger partial charge on any atom is 0.374 e. The number of hydrogen-bond acceptors (Lipinski definition) is 6. The van der Waals surface area contributed by atoms with E-state index in [0.29, 0.717) is 0 Å². The third kappa shape index (κ3) is 2.43. The Morgan fingerprint density at radius 1 is 1.29 bits per heavy atom. The van der Waals surface area contributed by atoms with E-state index < -0.39 is 17.6 Å². The van der Waals surface area contributed by atoms with Crippen LogP contribution in [0.2, 0.25) is 0 Å². The van der Waals surface area contributed by atoms with Gasteiger partial charge in [-0.1, -0.05) is 5.16 Å². The Kier molecular flexibility index (Phi) is 2.77. The van der Waals surface area contributed by atoms with Gasteiger partial charge >= 0.3 is 5.97 Å². The third-order valence-electron chi connectivity index (χ3n) is 1.74. The fourth-order valence-electron chi connectivity index (χ4n) is 1.01. The lowest BCUT2D eigenvalue weighted by atomic mass is 10.3. The van der Waals surface area contributed by atoms with E-state index in [1.165, 1.54) is 12.4 Å². The van der Waals surface area contributed by atoms with Crippen molar-refractivity contribution in [1.29, 1.82) is 0 Å². The molecule has 8 heteroatoms. The molecular weight excluding hydrogens is 228 g/mol. The van der Waals surface area contributed by atoms with Gasteiger partial charge in [-0.3, -0.25) is 10.1 Å². The van der Waals surface area contributed by atoms with Crippen LogP contribution in [-0.2, 0) is 0 Å². The highest BCUT2D eigenvalue weighted by molar-refractivity contribution is 6.02. The maximum absolute atomic E-state index is 11.5. The second-order valence-corrected chi connectivity index (χ2v) is 2.91. The summed E-state index contributed by atoms with van der Waals surface area (Å²) in [5.74, 6) is -2.26. The van der Waals surface area contributed by atoms with E-state index in [1.807, 2.05) is 0 Å². The lowest BCUT2D eigenvalue weighted by Gasteiger charge is -1.98. The highest BCUT2D eigenvalue weighted by atomic mass is 16.5. The Morgan fingerprint density at radius 2 is 2.00 bits per heavy atom. The van der Waals surface area contributed by atoms with Gasteiger partial charge in [-0.2, -0.15) is 0 Å². The largest absolute Gasteiger partial charge is 0.475 e. The van der Waals surface area contributed by atoms with Crippen LogP contribution in [0.4, 0.5) is 5.95 Å². The van der Waals surface area contributed by atoms with Gasteiger partial charge in [-0.05, 0) is 6.07 Å². The van der Waals surface area contributed by atoms with E-state index in [2.05, 4.69) is 25.0 Å². The van der Waals surface area contributed by atoms with Crippen LogP contribution in [0.15, 0.2) is 29.0 Å². The second-order valence-electron chi connectivity index (χ2n) is 2.91. The predicted octanol–water partition coefficient (Wildman–Crippen LogP) is 0.415. The topological polar surface area (TPSA) is 118 Å². The number of rotatable bonds is 3. The second kappa shape index (κ2) is 4.39. The van der Waals surface area contributed by atoms with Crippen LogP contribution in [0.5, 0.6) is 0 Å². The van der Waals surface area contributed by atoms with Crippen LogP contribution >= 0.6 is 0 Å². The highest BCUT2D eigenvalue weighted by Gasteiger charge is 2.17. The lowest BCUT2D eigenvalue weighted by Crippen LogP contribution is -2.14. The molecule has 8 nitrogen and oxygen atoms in total. The molecule has 2 heterocycles. The first-order chi connectivity index (χ1) is 8.16. The standard InChI is InChI=1S/C9H6N4O4/c14-7(12-9-10-2-1-3-11-9)5-4-6(8(15)16)17-13-5/h1-4H,(H,15,16)(H,10,11,12,14). The third-order valence-corrected chi connectivity index (χ3v) is 1.74. The van der Waals surface area contributed by atoms with Crippen LogP contribution in [0, 0.1) is 0 Å². The summed E-state index contributed by atoms with van der Waals surface area (Å²) >= 11 is 0. The average Bonchev–Trinajstić information content (AvgIpc) is 2.79. The number of nitrogens with one attached hydrogen (secondary N) is 1. The first-order valence-electron chi connectivity index (χ1n) is 4.45. The minimum atomic E-state index is -1.30. The normalized spacial score (nSPS) is 9.88. The first-order valence-corrected chi connectivity index (χ1v) is 4.45. The smallest absolute Gasteiger partial charge is 0.374 e. The molecule has 0 unspecified atom stereocenters. The molecule has 0 bridgehead atoms. The molecule has 0 aliphatic heterocycles. The Morgan fingerprint density at radius 3 is 2.59 bits per heavy atom. The van der Waals surface area contributed by atoms with Crippen molar-refractivity contribution >= 4 is 17.8 Å². The van der Waals surface area contributed by atoms with E-state index in [4.69, 9.17) is 5.11 Å². The van der Waals surface area contributed by atoms with Crippen molar-refractivity contribution in [3.8, 4) is 0 Å². The Balaban J connectivity index is 2.12. The summed E-state index contributed by atoms with van der Waals surface area (Å²) in [6.07, 6.45) is 2.90. The molecular formula is C9H6N4O4. The molecule has 17 heavy (non-hydrogen) atoms. The SMILES string of the molecule is O=C(Nc1ncccn1)c1cc(C(=O)O)on1. The first kappa shape index (κ1) is 10.7. The fraction of sp³-hybridized carbons (Fsp3) is 0. The van der Waals surface area contributed by atoms with Crippen LogP contribution in [0.3, 0.4) is 0 Å². The lowest BCUT2D eigenvalue weighted by molar-refractivity contribution is 0.0651. The molecule has 0 aromatic carbocycles. The fourth-order valence-corrected chi connectivity index (χ4v) is 1.01. The number of hydrogen-bond donors (Lipinski definition) is 2. The van der Waals surface area contributed by atoms with E-state index >= 15 is 0 Å². The van der Waals surface area contributed by atoms with Gasteiger partial charge in [-0.15, -0.1) is 0 Å². The van der Waals surface area contributed by atoms with Gasteiger partial charge < -0.3 is 9.63 Å². The zero-order chi connectivity index (χ0) is 12.3. The monoisotopic (exact) mass is 234 g/mol. The van der Waals surface area contributed by atoms with Gasteiger partial charge in [0.05, 0.1) is 0 Å². The number of aromatic carboxylic acids is 1. The Hall–Kier alpha value is -2.77. The number of carbonyl (C=O) groups excluding carboxylic acids is 1. The summed E-state index contributed by atoms with van der Waals surface area (Å²) in [5, 5.41) is 14.2. The number of aromatic nitrogens is 3. The van der Waals surface area contributed by atoms with Crippen molar-refractivity contribution in [2.45, 2.75) is 0 Å². The highest BCUT2D eigenvalue weighted by Crippen LogP contribution is 2.05. The summed E-state index contributed by atoms with van der Waals surface area (Å²) in [5.41, 5.74) is -0.158. The van der Waals surface area contributed by atoms with Crippen LogP contribution in [-0.4, -0.2) is 32.1 Å². The molecule has 0 radical (unpaired) electrons. The summed E-state index contributed by atoms with van der Waals surface area (Å²) in [6, 6.07) is 2.61. The zero-order valence-electron chi connectivity index (χ0n) is 8.32. The molecule has 0 fully saturated rings. The number of nitrogens with zero attached hydrogens (tertiary/aromatic N) is 3. The molecule has 0 spiro atoms. The van der Waals surface area contributed by atoms with Crippen molar-refractivity contribution in [3.63, 3.8) is 0 Å². The maximum atomic E-state index is 11.5. The van der Waals surface area contributed by atoms with E-state index in [1.54, 1.807) is 6.07 Å². The molecule has 0 saturated heterocycles. The molecule has 1 amide bonds. The minimum absolute atomic E-state index is 0.0948. The minimum Gasteiger partial charge on any atom is -0.475 e. The van der Waals surface area contributed by atoms with Crippen molar-refractivity contribution in [1.82, 2.24) is 15.1 Å². The van der Waals surface area contributed by atoms with Gasteiger partial charge in [0.2, 0.25) is 11.7 Å². The van der Waals surface area contributed by atoms with Gasteiger partial charge in [0.25, 0.3) is 5.91 Å². The zero-order valence-corrected chi connectivity index (χ0v) is 8.32. The van der Waals surface area contributed by atoms with Gasteiger partial charge in [0.15, 0.2) is 5.69 Å². The Labute approximate surface area is 94.3 Å². The van der Waals surface area contributed by atoms with Crippen LogP contribution < -0.4 is 5.32 Å². The van der Waals surface area contributed by atoms with Crippen molar-refractivity contribution in [2.24, 2.45) is 0 Å². The summed E-state index contributed by atoms with van der Waals surface area (Å²) < 4.78 is 4.43.